The molecule has 0 radical (unpaired) electrons. The summed E-state index contributed by atoms with van der Waals surface area (Å²) >= 11 is 4.76. The van der Waals surface area contributed by atoms with Gasteiger partial charge in [0.25, 0.3) is 0 Å². The number of aryl methyl sites for hydroxylation is 1. The number of rotatable bonds is 5. The van der Waals surface area contributed by atoms with Crippen LogP contribution in [-0.4, -0.2) is 30.8 Å². The summed E-state index contributed by atoms with van der Waals surface area (Å²) in [6, 6.07) is 6.86. The molecule has 0 saturated heterocycles. The van der Waals surface area contributed by atoms with Gasteiger partial charge in [0, 0.05) is 6.54 Å². The Balaban J connectivity index is 3.18. The van der Waals surface area contributed by atoms with Crippen molar-refractivity contribution in [1.82, 2.24) is 4.31 Å². The third-order valence-corrected chi connectivity index (χ3v) is 4.61. The van der Waals surface area contributed by atoms with Gasteiger partial charge in [-0.1, -0.05) is 37.3 Å². The van der Waals surface area contributed by atoms with Gasteiger partial charge in [-0.25, -0.2) is 8.42 Å². The second-order valence-corrected chi connectivity index (χ2v) is 6.09. The third kappa shape index (κ3) is 3.24. The molecule has 94 valence electrons. The van der Waals surface area contributed by atoms with Crippen molar-refractivity contribution in [2.24, 2.45) is 5.73 Å². The van der Waals surface area contributed by atoms with E-state index < -0.39 is 10.0 Å². The minimum absolute atomic E-state index is 0.0719. The monoisotopic (exact) mass is 272 g/mol. The molecule has 2 N–H and O–H groups in total. The van der Waals surface area contributed by atoms with Gasteiger partial charge in [-0.2, -0.15) is 4.31 Å². The Morgan fingerprint density at radius 2 is 2.00 bits per heavy atom. The highest BCUT2D eigenvalue weighted by Gasteiger charge is 2.24. The van der Waals surface area contributed by atoms with Gasteiger partial charge in [-0.05, 0) is 18.6 Å². The van der Waals surface area contributed by atoms with Gasteiger partial charge in [0.2, 0.25) is 10.0 Å². The van der Waals surface area contributed by atoms with Gasteiger partial charge in [-0.15, -0.1) is 0 Å². The van der Waals surface area contributed by atoms with Crippen molar-refractivity contribution in [2.45, 2.75) is 18.7 Å². The molecule has 0 amide bonds. The van der Waals surface area contributed by atoms with Crippen LogP contribution in [-0.2, 0) is 10.0 Å². The van der Waals surface area contributed by atoms with E-state index in [-0.39, 0.29) is 11.5 Å². The smallest absolute Gasteiger partial charge is 0.243 e. The fraction of sp³-hybridized carbons (Fsp3) is 0.364. The Bertz CT molecular complexity index is 512. The lowest BCUT2D eigenvalue weighted by molar-refractivity contribution is 0.467. The minimum Gasteiger partial charge on any atom is -0.392 e. The standard InChI is InChI=1S/C11H16N2O2S2/c1-3-13(8-11(12)16)17(14,15)10-7-5-4-6-9(10)2/h4-7H,3,8H2,1-2H3,(H2,12,16). The first-order valence-corrected chi connectivity index (χ1v) is 7.08. The highest BCUT2D eigenvalue weighted by atomic mass is 32.2. The average Bonchev–Trinajstić information content (AvgIpc) is 2.25. The van der Waals surface area contributed by atoms with Crippen LogP contribution in [0.4, 0.5) is 0 Å². The summed E-state index contributed by atoms with van der Waals surface area (Å²) in [5, 5.41) is 0. The molecule has 0 atom stereocenters. The Morgan fingerprint density at radius 1 is 1.41 bits per heavy atom. The van der Waals surface area contributed by atoms with E-state index in [0.717, 1.165) is 0 Å². The fourth-order valence-electron chi connectivity index (χ4n) is 1.53. The predicted octanol–water partition coefficient (Wildman–Crippen LogP) is 1.29. The molecule has 17 heavy (non-hydrogen) atoms. The molecule has 1 aromatic carbocycles. The van der Waals surface area contributed by atoms with Gasteiger partial charge in [0.15, 0.2) is 0 Å². The Morgan fingerprint density at radius 3 is 2.47 bits per heavy atom. The van der Waals surface area contributed by atoms with Gasteiger partial charge in [0.1, 0.15) is 0 Å². The second-order valence-electron chi connectivity index (χ2n) is 3.66. The maximum absolute atomic E-state index is 12.3. The molecular formula is C11H16N2O2S2. The van der Waals surface area contributed by atoms with Crippen molar-refractivity contribution < 1.29 is 8.42 Å². The lowest BCUT2D eigenvalue weighted by Gasteiger charge is -2.20. The summed E-state index contributed by atoms with van der Waals surface area (Å²) in [4.78, 5) is 0.474. The van der Waals surface area contributed by atoms with E-state index in [9.17, 15) is 8.42 Å². The summed E-state index contributed by atoms with van der Waals surface area (Å²) in [7, 11) is -3.51. The van der Waals surface area contributed by atoms with Crippen LogP contribution in [0.5, 0.6) is 0 Å². The second kappa shape index (κ2) is 5.57. The van der Waals surface area contributed by atoms with Crippen LogP contribution >= 0.6 is 12.2 Å². The zero-order valence-electron chi connectivity index (χ0n) is 9.88. The van der Waals surface area contributed by atoms with E-state index in [0.29, 0.717) is 17.0 Å². The van der Waals surface area contributed by atoms with Crippen molar-refractivity contribution in [3.8, 4) is 0 Å². The Labute approximate surface area is 107 Å². The largest absolute Gasteiger partial charge is 0.392 e. The third-order valence-electron chi connectivity index (χ3n) is 2.40. The Kier molecular flexibility index (Phi) is 4.62. The first kappa shape index (κ1) is 14.1. The molecule has 1 rings (SSSR count). The van der Waals surface area contributed by atoms with E-state index in [1.165, 1.54) is 4.31 Å². The van der Waals surface area contributed by atoms with Gasteiger partial charge in [-0.3, -0.25) is 0 Å². The van der Waals surface area contributed by atoms with Crippen molar-refractivity contribution in [2.75, 3.05) is 13.1 Å². The van der Waals surface area contributed by atoms with E-state index in [2.05, 4.69) is 0 Å². The maximum atomic E-state index is 12.3. The fourth-order valence-corrected chi connectivity index (χ4v) is 3.42. The Hall–Kier alpha value is -0.980. The van der Waals surface area contributed by atoms with Crippen LogP contribution in [0.3, 0.4) is 0 Å². The zero-order valence-corrected chi connectivity index (χ0v) is 11.5. The molecule has 0 fully saturated rings. The molecule has 6 heteroatoms. The molecule has 0 bridgehead atoms. The summed E-state index contributed by atoms with van der Waals surface area (Å²) in [5.41, 5.74) is 6.12. The first-order chi connectivity index (χ1) is 7.89. The van der Waals surface area contributed by atoms with Crippen LogP contribution in [0.15, 0.2) is 29.2 Å². The number of nitrogens with two attached hydrogens (primary N) is 1. The maximum Gasteiger partial charge on any atom is 0.243 e. The molecule has 0 saturated carbocycles. The number of benzene rings is 1. The summed E-state index contributed by atoms with van der Waals surface area (Å²) in [6.45, 7) is 3.94. The molecule has 0 aromatic heterocycles. The van der Waals surface area contributed by atoms with E-state index in [1.807, 2.05) is 0 Å². The van der Waals surface area contributed by atoms with Crippen molar-refractivity contribution in [1.29, 1.82) is 0 Å². The first-order valence-electron chi connectivity index (χ1n) is 5.23. The molecule has 0 aliphatic heterocycles. The SMILES string of the molecule is CCN(CC(N)=S)S(=O)(=O)c1ccccc1C. The lowest BCUT2D eigenvalue weighted by atomic mass is 10.2. The highest BCUT2D eigenvalue weighted by Crippen LogP contribution is 2.18. The molecule has 4 nitrogen and oxygen atoms in total. The number of hydrogen-bond donors (Lipinski definition) is 1. The van der Waals surface area contributed by atoms with Crippen LogP contribution in [0, 0.1) is 6.92 Å². The number of nitrogens with zero attached hydrogens (tertiary/aromatic N) is 1. The predicted molar refractivity (Wildman–Crippen MR) is 72.4 cm³/mol. The van der Waals surface area contributed by atoms with Crippen LogP contribution in [0.2, 0.25) is 0 Å². The summed E-state index contributed by atoms with van der Waals surface area (Å²) in [6.07, 6.45) is 0. The lowest BCUT2D eigenvalue weighted by Crippen LogP contribution is -2.37. The number of thiocarbonyl (C=S) groups is 1. The van der Waals surface area contributed by atoms with Crippen molar-refractivity contribution in [3.05, 3.63) is 29.8 Å². The van der Waals surface area contributed by atoms with Crippen molar-refractivity contribution >= 4 is 27.2 Å². The van der Waals surface area contributed by atoms with E-state index in [1.54, 1.807) is 38.1 Å². The molecule has 0 aliphatic rings. The normalized spacial score (nSPS) is 11.7. The minimum atomic E-state index is -3.51. The molecular weight excluding hydrogens is 256 g/mol. The summed E-state index contributed by atoms with van der Waals surface area (Å²) < 4.78 is 25.9. The number of likely N-dealkylation sites (N-methyl/N-ethyl adjacent to an activating group) is 1. The zero-order chi connectivity index (χ0) is 13.1. The van der Waals surface area contributed by atoms with Crippen LogP contribution in [0.25, 0.3) is 0 Å². The van der Waals surface area contributed by atoms with Gasteiger partial charge < -0.3 is 5.73 Å². The molecule has 0 unspecified atom stereocenters. The van der Waals surface area contributed by atoms with Gasteiger partial charge >= 0.3 is 0 Å². The van der Waals surface area contributed by atoms with Gasteiger partial charge in [0.05, 0.1) is 16.4 Å². The highest BCUT2D eigenvalue weighted by molar-refractivity contribution is 7.89. The average molecular weight is 272 g/mol. The van der Waals surface area contributed by atoms with E-state index in [4.69, 9.17) is 18.0 Å². The number of sulfonamides is 1. The van der Waals surface area contributed by atoms with E-state index >= 15 is 0 Å². The summed E-state index contributed by atoms with van der Waals surface area (Å²) in [5.74, 6) is 0. The molecule has 0 heterocycles. The topological polar surface area (TPSA) is 63.4 Å². The number of hydrogen-bond acceptors (Lipinski definition) is 3. The molecule has 0 aliphatic carbocycles. The molecule has 1 aromatic rings. The quantitative estimate of drug-likeness (QED) is 0.820. The molecule has 0 spiro atoms. The van der Waals surface area contributed by atoms with Crippen LogP contribution in [0.1, 0.15) is 12.5 Å². The van der Waals surface area contributed by atoms with Crippen molar-refractivity contribution in [3.63, 3.8) is 0 Å². The van der Waals surface area contributed by atoms with Crippen LogP contribution < -0.4 is 5.73 Å².